The van der Waals surface area contributed by atoms with E-state index in [0.717, 1.165) is 18.4 Å². The van der Waals surface area contributed by atoms with Gasteiger partial charge < -0.3 is 24.8 Å². The van der Waals surface area contributed by atoms with Crippen molar-refractivity contribution in [1.29, 1.82) is 0 Å². The van der Waals surface area contributed by atoms with Crippen LogP contribution in [0.4, 0.5) is 18.0 Å². The van der Waals surface area contributed by atoms with Crippen LogP contribution in [-0.4, -0.2) is 64.6 Å². The molecule has 12 heteroatoms. The molecule has 8 nitrogen and oxygen atoms in total. The molecule has 2 fully saturated rings. The number of hydrogen-bond acceptors (Lipinski definition) is 6. The lowest BCUT2D eigenvalue weighted by atomic mass is 9.84. The summed E-state index contributed by atoms with van der Waals surface area (Å²) in [7, 11) is 0. The lowest BCUT2D eigenvalue weighted by molar-refractivity contribution is -0.274. The van der Waals surface area contributed by atoms with Crippen LogP contribution in [0, 0.1) is 0 Å². The molecular formula is C23H31ClF3N5O3. The first kappa shape index (κ1) is 27.1. The second-order valence-corrected chi connectivity index (χ2v) is 9.40. The number of rotatable bonds is 4. The normalized spacial score (nSPS) is 21.7. The van der Waals surface area contributed by atoms with E-state index in [1.165, 1.54) is 12.1 Å². The maximum absolute atomic E-state index is 13.3. The number of halogens is 4. The number of amides is 2. The van der Waals surface area contributed by atoms with Crippen molar-refractivity contribution in [1.82, 2.24) is 19.9 Å². The fourth-order valence-electron chi connectivity index (χ4n) is 4.56. The minimum Gasteiger partial charge on any atom is -0.406 e. The van der Waals surface area contributed by atoms with E-state index in [2.05, 4.69) is 14.9 Å². The van der Waals surface area contributed by atoms with Gasteiger partial charge in [0.05, 0.1) is 5.92 Å². The van der Waals surface area contributed by atoms with Crippen LogP contribution < -0.4 is 10.5 Å². The van der Waals surface area contributed by atoms with E-state index < -0.39 is 6.36 Å². The number of hydrogen-bond donors (Lipinski definition) is 1. The zero-order chi connectivity index (χ0) is 24.5. The van der Waals surface area contributed by atoms with Crippen LogP contribution in [0.1, 0.15) is 68.1 Å². The lowest BCUT2D eigenvalue weighted by Crippen LogP contribution is -2.52. The number of benzene rings is 1. The molecule has 2 aliphatic heterocycles. The summed E-state index contributed by atoms with van der Waals surface area (Å²) < 4.78 is 47.1. The number of nitrogens with two attached hydrogens (primary N) is 1. The molecule has 2 atom stereocenters. The van der Waals surface area contributed by atoms with Gasteiger partial charge in [-0.05, 0) is 37.0 Å². The molecule has 194 valence electrons. The Morgan fingerprint density at radius 2 is 1.74 bits per heavy atom. The van der Waals surface area contributed by atoms with Gasteiger partial charge in [0.1, 0.15) is 5.75 Å². The molecule has 1 aromatic heterocycles. The highest BCUT2D eigenvalue weighted by atomic mass is 35.5. The van der Waals surface area contributed by atoms with Crippen LogP contribution in [0.5, 0.6) is 5.75 Å². The van der Waals surface area contributed by atoms with Crippen LogP contribution in [0.2, 0.25) is 0 Å². The lowest BCUT2D eigenvalue weighted by Gasteiger charge is -2.40. The Morgan fingerprint density at radius 1 is 1.11 bits per heavy atom. The molecule has 0 aliphatic carbocycles. The van der Waals surface area contributed by atoms with Crippen molar-refractivity contribution in [2.45, 2.75) is 63.3 Å². The Bertz CT molecular complexity index is 978. The summed E-state index contributed by atoms with van der Waals surface area (Å²) in [5.74, 6) is 0.621. The van der Waals surface area contributed by atoms with E-state index in [4.69, 9.17) is 10.3 Å². The summed E-state index contributed by atoms with van der Waals surface area (Å²) in [5.41, 5.74) is 6.81. The molecular weight excluding hydrogens is 487 g/mol. The predicted octanol–water partition coefficient (Wildman–Crippen LogP) is 4.63. The number of piperidine rings is 2. The van der Waals surface area contributed by atoms with E-state index in [9.17, 15) is 18.0 Å². The van der Waals surface area contributed by atoms with E-state index in [1.54, 1.807) is 17.0 Å². The Hall–Kier alpha value is -2.53. The first-order valence-corrected chi connectivity index (χ1v) is 11.6. The average Bonchev–Trinajstić information content (AvgIpc) is 3.29. The van der Waals surface area contributed by atoms with E-state index >= 15 is 0 Å². The molecule has 2 unspecified atom stereocenters. The summed E-state index contributed by atoms with van der Waals surface area (Å²) >= 11 is 0. The van der Waals surface area contributed by atoms with Gasteiger partial charge in [0, 0.05) is 44.1 Å². The van der Waals surface area contributed by atoms with Crippen LogP contribution in [0.3, 0.4) is 0 Å². The third kappa shape index (κ3) is 6.78. The summed E-state index contributed by atoms with van der Waals surface area (Å²) in [6, 6.07) is 5.87. The van der Waals surface area contributed by atoms with Gasteiger partial charge in [-0.25, -0.2) is 4.79 Å². The second-order valence-electron chi connectivity index (χ2n) is 9.40. The third-order valence-electron chi connectivity index (χ3n) is 6.44. The topological polar surface area (TPSA) is 97.7 Å². The number of alkyl halides is 3. The number of nitrogens with zero attached hydrogens (tertiary/aromatic N) is 4. The summed E-state index contributed by atoms with van der Waals surface area (Å²) in [6.45, 7) is 6.04. The highest BCUT2D eigenvalue weighted by Gasteiger charge is 2.37. The fourth-order valence-corrected chi connectivity index (χ4v) is 4.56. The number of aromatic nitrogens is 2. The number of urea groups is 1. The van der Waals surface area contributed by atoms with Gasteiger partial charge in [0.15, 0.2) is 5.82 Å². The first-order valence-electron chi connectivity index (χ1n) is 11.6. The standard InChI is InChI=1S/C23H30F3N5O3.ClH/c1-14(2)20-28-21(34-29-20)17-11-16(15-3-5-19(6-4-15)33-23(24,25)26)12-31(13-17)22(32)30-9-7-18(27)8-10-30;/h3-6,14,16-18H,7-13,27H2,1-2H3;1H. The average molecular weight is 518 g/mol. The van der Waals surface area contributed by atoms with Crippen LogP contribution in [0.15, 0.2) is 28.8 Å². The maximum atomic E-state index is 13.3. The van der Waals surface area contributed by atoms with Crippen molar-refractivity contribution in [2.75, 3.05) is 26.2 Å². The van der Waals surface area contributed by atoms with Crippen LogP contribution >= 0.6 is 12.4 Å². The van der Waals surface area contributed by atoms with E-state index in [-0.39, 0.29) is 48.0 Å². The SMILES string of the molecule is CC(C)c1noc(C2CC(c3ccc(OC(F)(F)F)cc3)CN(C(=O)N3CCC(N)CC3)C2)n1.Cl. The number of likely N-dealkylation sites (tertiary alicyclic amines) is 2. The van der Waals surface area contributed by atoms with Gasteiger partial charge in [0.2, 0.25) is 5.89 Å². The molecule has 0 saturated carbocycles. The van der Waals surface area contributed by atoms with Gasteiger partial charge in [-0.1, -0.05) is 31.1 Å². The minimum absolute atomic E-state index is 0. The van der Waals surface area contributed by atoms with Gasteiger partial charge in [-0.2, -0.15) is 4.98 Å². The first-order chi connectivity index (χ1) is 16.1. The molecule has 3 heterocycles. The smallest absolute Gasteiger partial charge is 0.406 e. The molecule has 2 aliphatic rings. The Balaban J connectivity index is 0.00000342. The molecule has 35 heavy (non-hydrogen) atoms. The van der Waals surface area contributed by atoms with Gasteiger partial charge >= 0.3 is 12.4 Å². The third-order valence-corrected chi connectivity index (χ3v) is 6.44. The molecule has 2 N–H and O–H groups in total. The van der Waals surface area contributed by atoms with Gasteiger partial charge in [-0.3, -0.25) is 0 Å². The van der Waals surface area contributed by atoms with Crippen molar-refractivity contribution < 1.29 is 27.2 Å². The van der Waals surface area contributed by atoms with Crippen LogP contribution in [-0.2, 0) is 0 Å². The predicted molar refractivity (Wildman–Crippen MR) is 125 cm³/mol. The minimum atomic E-state index is -4.75. The summed E-state index contributed by atoms with van der Waals surface area (Å²) in [4.78, 5) is 21.5. The zero-order valence-electron chi connectivity index (χ0n) is 19.7. The summed E-state index contributed by atoms with van der Waals surface area (Å²) in [6.07, 6.45) is -2.60. The highest BCUT2D eigenvalue weighted by Crippen LogP contribution is 2.37. The number of carbonyl (C=O) groups excluding carboxylic acids is 1. The zero-order valence-corrected chi connectivity index (χ0v) is 20.5. The number of ether oxygens (including phenoxy) is 1. The fraction of sp³-hybridized carbons (Fsp3) is 0.609. The Kier molecular flexibility index (Phi) is 8.53. The second kappa shape index (κ2) is 11.0. The monoisotopic (exact) mass is 517 g/mol. The Labute approximate surface area is 208 Å². The molecule has 4 rings (SSSR count). The van der Waals surface area contributed by atoms with E-state index in [0.29, 0.717) is 44.3 Å². The van der Waals surface area contributed by atoms with Crippen molar-refractivity contribution in [3.05, 3.63) is 41.5 Å². The molecule has 0 radical (unpaired) electrons. The van der Waals surface area contributed by atoms with E-state index in [1.807, 2.05) is 18.7 Å². The highest BCUT2D eigenvalue weighted by molar-refractivity contribution is 5.85. The molecule has 1 aromatic carbocycles. The molecule has 2 aromatic rings. The molecule has 2 saturated heterocycles. The van der Waals surface area contributed by atoms with Gasteiger partial charge in [0.25, 0.3) is 0 Å². The van der Waals surface area contributed by atoms with Crippen molar-refractivity contribution in [3.63, 3.8) is 0 Å². The molecule has 0 spiro atoms. The summed E-state index contributed by atoms with van der Waals surface area (Å²) in [5, 5.41) is 4.07. The van der Waals surface area contributed by atoms with Crippen molar-refractivity contribution in [2.24, 2.45) is 5.73 Å². The molecule has 0 bridgehead atoms. The number of carbonyl (C=O) groups is 1. The Morgan fingerprint density at radius 3 is 2.31 bits per heavy atom. The largest absolute Gasteiger partial charge is 0.573 e. The maximum Gasteiger partial charge on any atom is 0.573 e. The molecule has 2 amide bonds. The van der Waals surface area contributed by atoms with Crippen LogP contribution in [0.25, 0.3) is 0 Å². The van der Waals surface area contributed by atoms with Gasteiger partial charge in [-0.15, -0.1) is 25.6 Å². The quantitative estimate of drug-likeness (QED) is 0.635. The van der Waals surface area contributed by atoms with Crippen molar-refractivity contribution in [3.8, 4) is 5.75 Å². The van der Waals surface area contributed by atoms with Crippen molar-refractivity contribution >= 4 is 18.4 Å².